The molecule has 1 aliphatic carbocycles. The normalized spacial score (nSPS) is 22.2. The quantitative estimate of drug-likeness (QED) is 0.656. The summed E-state index contributed by atoms with van der Waals surface area (Å²) in [4.78, 5) is 14.4. The molecule has 0 bridgehead atoms. The molecule has 2 N–H and O–H groups in total. The van der Waals surface area contributed by atoms with E-state index in [1.807, 2.05) is 0 Å². The van der Waals surface area contributed by atoms with Crippen molar-refractivity contribution in [3.05, 3.63) is 28.3 Å². The first kappa shape index (κ1) is 12.9. The summed E-state index contributed by atoms with van der Waals surface area (Å²) in [5.74, 6) is 0.208. The Kier molecular flexibility index (Phi) is 3.27. The van der Waals surface area contributed by atoms with Crippen LogP contribution in [0.1, 0.15) is 19.3 Å². The van der Waals surface area contributed by atoms with Gasteiger partial charge in [-0.05, 0) is 18.9 Å². The molecule has 2 atom stereocenters. The number of anilines is 1. The van der Waals surface area contributed by atoms with Gasteiger partial charge in [0.1, 0.15) is 5.52 Å². The van der Waals surface area contributed by atoms with Gasteiger partial charge in [-0.15, -0.1) is 0 Å². The van der Waals surface area contributed by atoms with Crippen molar-refractivity contribution in [2.75, 3.05) is 11.9 Å². The van der Waals surface area contributed by atoms with E-state index in [1.54, 1.807) is 6.07 Å². The number of hydrogen-bond acceptors (Lipinski definition) is 6. The second-order valence-corrected chi connectivity index (χ2v) is 5.07. The number of aliphatic hydroxyl groups is 1. The minimum Gasteiger partial charge on any atom is -0.423 e. The van der Waals surface area contributed by atoms with E-state index >= 15 is 0 Å². The van der Waals surface area contributed by atoms with Gasteiger partial charge in [-0.2, -0.15) is 4.98 Å². The molecule has 0 saturated heterocycles. The number of rotatable bonds is 4. The predicted molar refractivity (Wildman–Crippen MR) is 72.5 cm³/mol. The number of oxazole rings is 1. The summed E-state index contributed by atoms with van der Waals surface area (Å²) in [7, 11) is 0. The summed E-state index contributed by atoms with van der Waals surface area (Å²) in [6, 6.07) is 4.65. The van der Waals surface area contributed by atoms with Crippen molar-refractivity contribution >= 4 is 22.8 Å². The van der Waals surface area contributed by atoms with Gasteiger partial charge in [0, 0.05) is 18.5 Å². The molecule has 0 radical (unpaired) electrons. The van der Waals surface area contributed by atoms with Crippen LogP contribution in [-0.4, -0.2) is 27.7 Å². The van der Waals surface area contributed by atoms with Crippen molar-refractivity contribution in [3.8, 4) is 0 Å². The zero-order chi connectivity index (χ0) is 14.1. The van der Waals surface area contributed by atoms with Gasteiger partial charge in [0.25, 0.3) is 11.7 Å². The number of nitrogens with zero attached hydrogens (tertiary/aromatic N) is 2. The average molecular weight is 277 g/mol. The van der Waals surface area contributed by atoms with Crippen LogP contribution in [0.4, 0.5) is 11.7 Å². The third-order valence-electron chi connectivity index (χ3n) is 3.72. The van der Waals surface area contributed by atoms with Crippen LogP contribution < -0.4 is 5.32 Å². The Morgan fingerprint density at radius 2 is 2.35 bits per heavy atom. The average Bonchev–Trinajstić information content (AvgIpc) is 3.00. The van der Waals surface area contributed by atoms with Crippen LogP contribution in [0.5, 0.6) is 0 Å². The van der Waals surface area contributed by atoms with Crippen LogP contribution >= 0.6 is 0 Å². The topological polar surface area (TPSA) is 101 Å². The van der Waals surface area contributed by atoms with Crippen LogP contribution in [-0.2, 0) is 0 Å². The van der Waals surface area contributed by atoms with Crippen LogP contribution in [0.15, 0.2) is 22.6 Å². The van der Waals surface area contributed by atoms with Crippen LogP contribution in [0.25, 0.3) is 11.1 Å². The Bertz CT molecular complexity index is 640. The molecule has 3 rings (SSSR count). The SMILES string of the molecule is O=[N+]([O-])c1ccc2nc(NCC3CCCC3O)oc2c1. The van der Waals surface area contributed by atoms with Crippen molar-refractivity contribution in [2.24, 2.45) is 5.92 Å². The number of nitrogens with one attached hydrogen (secondary N) is 1. The highest BCUT2D eigenvalue weighted by Crippen LogP contribution is 2.27. The van der Waals surface area contributed by atoms with Crippen molar-refractivity contribution < 1.29 is 14.4 Å². The van der Waals surface area contributed by atoms with E-state index in [1.165, 1.54) is 12.1 Å². The molecule has 0 amide bonds. The van der Waals surface area contributed by atoms with Gasteiger partial charge in [0.05, 0.1) is 17.1 Å². The molecule has 2 unspecified atom stereocenters. The molecule has 2 aromatic rings. The van der Waals surface area contributed by atoms with E-state index in [2.05, 4.69) is 10.3 Å². The summed E-state index contributed by atoms with van der Waals surface area (Å²) >= 11 is 0. The molecule has 106 valence electrons. The number of aliphatic hydroxyl groups excluding tert-OH is 1. The zero-order valence-corrected chi connectivity index (χ0v) is 10.8. The molecule has 1 aliphatic rings. The highest BCUT2D eigenvalue weighted by molar-refractivity contribution is 5.77. The smallest absolute Gasteiger partial charge is 0.295 e. The van der Waals surface area contributed by atoms with Crippen molar-refractivity contribution in [2.45, 2.75) is 25.4 Å². The first-order valence-corrected chi connectivity index (χ1v) is 6.60. The first-order chi connectivity index (χ1) is 9.63. The van der Waals surface area contributed by atoms with Gasteiger partial charge < -0.3 is 14.8 Å². The molecule has 7 heteroatoms. The van der Waals surface area contributed by atoms with Crippen molar-refractivity contribution in [1.29, 1.82) is 0 Å². The van der Waals surface area contributed by atoms with Crippen molar-refractivity contribution in [1.82, 2.24) is 4.98 Å². The monoisotopic (exact) mass is 277 g/mol. The summed E-state index contributed by atoms with van der Waals surface area (Å²) in [5, 5.41) is 23.5. The summed E-state index contributed by atoms with van der Waals surface area (Å²) in [6.45, 7) is 0.593. The van der Waals surface area contributed by atoms with Gasteiger partial charge in [0.15, 0.2) is 5.58 Å². The van der Waals surface area contributed by atoms with Crippen LogP contribution in [0.3, 0.4) is 0 Å². The third-order valence-corrected chi connectivity index (χ3v) is 3.72. The summed E-state index contributed by atoms with van der Waals surface area (Å²) in [6.07, 6.45) is 2.59. The van der Waals surface area contributed by atoms with Crippen molar-refractivity contribution in [3.63, 3.8) is 0 Å². The lowest BCUT2D eigenvalue weighted by atomic mass is 10.1. The molecule has 1 fully saturated rings. The number of nitro groups is 1. The van der Waals surface area contributed by atoms with Crippen LogP contribution in [0.2, 0.25) is 0 Å². The molecule has 1 saturated carbocycles. The Hall–Kier alpha value is -2.15. The summed E-state index contributed by atoms with van der Waals surface area (Å²) < 4.78 is 5.45. The standard InChI is InChI=1S/C13H15N3O4/c17-11-3-1-2-8(11)7-14-13-15-10-5-4-9(16(18)19)6-12(10)20-13/h4-6,8,11,17H,1-3,7H2,(H,14,15). The van der Waals surface area contributed by atoms with E-state index in [9.17, 15) is 15.2 Å². The molecule has 0 aliphatic heterocycles. The number of nitro benzene ring substituents is 1. The minimum absolute atomic E-state index is 0.0218. The Labute approximate surface area is 114 Å². The number of aromatic nitrogens is 1. The van der Waals surface area contributed by atoms with Gasteiger partial charge in [0.2, 0.25) is 0 Å². The van der Waals surface area contributed by atoms with E-state index in [0.29, 0.717) is 23.7 Å². The van der Waals surface area contributed by atoms with Gasteiger partial charge >= 0.3 is 0 Å². The fraction of sp³-hybridized carbons (Fsp3) is 0.462. The maximum atomic E-state index is 10.7. The molecule has 1 heterocycles. The second-order valence-electron chi connectivity index (χ2n) is 5.07. The second kappa shape index (κ2) is 5.09. The fourth-order valence-electron chi connectivity index (χ4n) is 2.58. The molecule has 20 heavy (non-hydrogen) atoms. The molecule has 1 aromatic heterocycles. The minimum atomic E-state index is -0.468. The fourth-order valence-corrected chi connectivity index (χ4v) is 2.58. The van der Waals surface area contributed by atoms with Gasteiger partial charge in [-0.1, -0.05) is 6.42 Å². The Balaban J connectivity index is 1.74. The van der Waals surface area contributed by atoms with Crippen LogP contribution in [0, 0.1) is 16.0 Å². The molecular formula is C13H15N3O4. The number of hydrogen-bond donors (Lipinski definition) is 2. The number of benzene rings is 1. The highest BCUT2D eigenvalue weighted by Gasteiger charge is 2.25. The predicted octanol–water partition coefficient (Wildman–Crippen LogP) is 2.31. The van der Waals surface area contributed by atoms with E-state index in [-0.39, 0.29) is 17.7 Å². The van der Waals surface area contributed by atoms with Gasteiger partial charge in [-0.25, -0.2) is 0 Å². The Morgan fingerprint density at radius 3 is 3.05 bits per heavy atom. The molecule has 0 spiro atoms. The summed E-state index contributed by atoms with van der Waals surface area (Å²) in [5.41, 5.74) is 0.935. The van der Waals surface area contributed by atoms with E-state index in [4.69, 9.17) is 4.42 Å². The largest absolute Gasteiger partial charge is 0.423 e. The Morgan fingerprint density at radius 1 is 1.50 bits per heavy atom. The maximum Gasteiger partial charge on any atom is 0.295 e. The van der Waals surface area contributed by atoms with Gasteiger partial charge in [-0.3, -0.25) is 10.1 Å². The van der Waals surface area contributed by atoms with E-state index in [0.717, 1.165) is 19.3 Å². The molecule has 7 nitrogen and oxygen atoms in total. The lowest BCUT2D eigenvalue weighted by Crippen LogP contribution is -2.21. The van der Waals surface area contributed by atoms with E-state index < -0.39 is 4.92 Å². The first-order valence-electron chi connectivity index (χ1n) is 6.60. The third kappa shape index (κ3) is 2.44. The lowest BCUT2D eigenvalue weighted by molar-refractivity contribution is -0.384. The lowest BCUT2D eigenvalue weighted by Gasteiger charge is -2.13. The molecular weight excluding hydrogens is 262 g/mol. The maximum absolute atomic E-state index is 10.7. The highest BCUT2D eigenvalue weighted by atomic mass is 16.6. The zero-order valence-electron chi connectivity index (χ0n) is 10.8. The number of non-ortho nitro benzene ring substituents is 1. The number of fused-ring (bicyclic) bond motifs is 1. The molecule has 1 aromatic carbocycles.